The average molecular weight is 370 g/mol. The Morgan fingerprint density at radius 3 is 1.34 bits per heavy atom. The van der Waals surface area contributed by atoms with Gasteiger partial charge in [0.05, 0.1) is 0 Å². The summed E-state index contributed by atoms with van der Waals surface area (Å²) in [5.41, 5.74) is 1.43. The van der Waals surface area contributed by atoms with Crippen LogP contribution in [0.15, 0.2) is 91.0 Å². The molecule has 0 N–H and O–H groups in total. The minimum atomic E-state index is 0.522. The molecule has 0 aromatic heterocycles. The van der Waals surface area contributed by atoms with Crippen LogP contribution in [0.25, 0.3) is 53.9 Å². The summed E-state index contributed by atoms with van der Waals surface area (Å²) in [5.74, 6) is 0.522. The second kappa shape index (κ2) is 6.06. The maximum Gasteiger partial charge on any atom is -0.0143 e. The Labute approximate surface area is 170 Å². The standard InChI is InChI=1S/C29H22/c1-18(2)28-9-5-8-21-12-24-15-25-13-22-10-19-6-3-4-7-20(19)11-23(22)14-26(25)16-27(24)17-29(21)28/h3-18H,1-2H3. The zero-order chi connectivity index (χ0) is 19.5. The maximum atomic E-state index is 2.38. The van der Waals surface area contributed by atoms with Crippen molar-refractivity contribution in [3.8, 4) is 0 Å². The molecule has 0 saturated carbocycles. The molecular weight excluding hydrogens is 348 g/mol. The van der Waals surface area contributed by atoms with Crippen molar-refractivity contribution in [2.24, 2.45) is 0 Å². The molecule has 0 aliphatic carbocycles. The third-order valence-electron chi connectivity index (χ3n) is 6.27. The lowest BCUT2D eigenvalue weighted by atomic mass is 9.92. The second-order valence-corrected chi connectivity index (χ2v) is 8.52. The van der Waals surface area contributed by atoms with E-state index in [9.17, 15) is 0 Å². The molecule has 0 aliphatic heterocycles. The summed E-state index contributed by atoms with van der Waals surface area (Å²) in [6.07, 6.45) is 0. The van der Waals surface area contributed by atoms with Crippen molar-refractivity contribution in [2.75, 3.05) is 0 Å². The Bertz CT molecular complexity index is 1570. The summed E-state index contributed by atoms with van der Waals surface area (Å²) in [5, 5.41) is 13.2. The van der Waals surface area contributed by atoms with E-state index in [1.807, 2.05) is 0 Å². The van der Waals surface area contributed by atoms with Crippen molar-refractivity contribution in [3.63, 3.8) is 0 Å². The molecule has 0 heteroatoms. The van der Waals surface area contributed by atoms with Gasteiger partial charge in [0.25, 0.3) is 0 Å². The van der Waals surface area contributed by atoms with Gasteiger partial charge >= 0.3 is 0 Å². The van der Waals surface area contributed by atoms with Crippen molar-refractivity contribution in [1.29, 1.82) is 0 Å². The first kappa shape index (κ1) is 16.6. The van der Waals surface area contributed by atoms with Gasteiger partial charge in [0.1, 0.15) is 0 Å². The Morgan fingerprint density at radius 2 is 0.828 bits per heavy atom. The molecular formula is C29H22. The van der Waals surface area contributed by atoms with E-state index in [2.05, 4.69) is 105 Å². The predicted octanol–water partition coefficient (Wildman–Crippen LogP) is 8.58. The van der Waals surface area contributed by atoms with E-state index in [0.717, 1.165) is 0 Å². The van der Waals surface area contributed by atoms with Crippen molar-refractivity contribution >= 4 is 53.9 Å². The van der Waals surface area contributed by atoms with Gasteiger partial charge in [-0.2, -0.15) is 0 Å². The Kier molecular flexibility index (Phi) is 3.46. The fourth-order valence-electron chi connectivity index (χ4n) is 4.75. The van der Waals surface area contributed by atoms with Gasteiger partial charge in [0.2, 0.25) is 0 Å². The molecule has 0 amide bonds. The highest BCUT2D eigenvalue weighted by atomic mass is 14.1. The summed E-state index contributed by atoms with van der Waals surface area (Å²) in [6, 6.07) is 34.0. The highest BCUT2D eigenvalue weighted by Gasteiger charge is 2.08. The van der Waals surface area contributed by atoms with Crippen molar-refractivity contribution < 1.29 is 0 Å². The molecule has 0 heterocycles. The van der Waals surface area contributed by atoms with E-state index in [4.69, 9.17) is 0 Å². The summed E-state index contributed by atoms with van der Waals surface area (Å²) in [6.45, 7) is 4.55. The van der Waals surface area contributed by atoms with Crippen LogP contribution in [0.1, 0.15) is 25.3 Å². The molecule has 6 aromatic carbocycles. The number of benzene rings is 6. The van der Waals surface area contributed by atoms with Crippen LogP contribution in [-0.4, -0.2) is 0 Å². The van der Waals surface area contributed by atoms with Crippen LogP contribution in [0, 0.1) is 0 Å². The van der Waals surface area contributed by atoms with E-state index < -0.39 is 0 Å². The quantitative estimate of drug-likeness (QED) is 0.254. The zero-order valence-corrected chi connectivity index (χ0v) is 16.7. The molecule has 0 saturated heterocycles. The van der Waals surface area contributed by atoms with Gasteiger partial charge in [-0.15, -0.1) is 0 Å². The van der Waals surface area contributed by atoms with Gasteiger partial charge in [0, 0.05) is 0 Å². The first-order chi connectivity index (χ1) is 14.2. The first-order valence-electron chi connectivity index (χ1n) is 10.4. The van der Waals surface area contributed by atoms with Gasteiger partial charge < -0.3 is 0 Å². The van der Waals surface area contributed by atoms with Crippen molar-refractivity contribution in [1.82, 2.24) is 0 Å². The largest absolute Gasteiger partial charge is 0.0616 e. The maximum absolute atomic E-state index is 2.38. The summed E-state index contributed by atoms with van der Waals surface area (Å²) in [4.78, 5) is 0. The smallest absolute Gasteiger partial charge is 0.0143 e. The van der Waals surface area contributed by atoms with Crippen LogP contribution >= 0.6 is 0 Å². The molecule has 29 heavy (non-hydrogen) atoms. The molecule has 0 bridgehead atoms. The summed E-state index contributed by atoms with van der Waals surface area (Å²) < 4.78 is 0. The first-order valence-corrected chi connectivity index (χ1v) is 10.4. The van der Waals surface area contributed by atoms with Crippen molar-refractivity contribution in [2.45, 2.75) is 19.8 Å². The number of rotatable bonds is 1. The molecule has 0 radical (unpaired) electrons. The van der Waals surface area contributed by atoms with E-state index in [1.165, 1.54) is 59.4 Å². The number of hydrogen-bond acceptors (Lipinski definition) is 0. The Hall–Kier alpha value is -3.38. The molecule has 0 unspecified atom stereocenters. The van der Waals surface area contributed by atoms with Gasteiger partial charge in [-0.3, -0.25) is 0 Å². The fraction of sp³-hybridized carbons (Fsp3) is 0.103. The average Bonchev–Trinajstić information content (AvgIpc) is 2.72. The normalized spacial score (nSPS) is 12.1. The monoisotopic (exact) mass is 370 g/mol. The van der Waals surface area contributed by atoms with E-state index in [1.54, 1.807) is 0 Å². The molecule has 138 valence electrons. The van der Waals surface area contributed by atoms with Crippen LogP contribution < -0.4 is 0 Å². The van der Waals surface area contributed by atoms with Gasteiger partial charge in [-0.1, -0.05) is 56.3 Å². The summed E-state index contributed by atoms with van der Waals surface area (Å²) in [7, 11) is 0. The molecule has 0 atom stereocenters. The van der Waals surface area contributed by atoms with Crippen LogP contribution in [0.5, 0.6) is 0 Å². The van der Waals surface area contributed by atoms with Crippen molar-refractivity contribution in [3.05, 3.63) is 96.6 Å². The molecule has 0 aliphatic rings. The third kappa shape index (κ3) is 2.60. The SMILES string of the molecule is CC(C)c1cccc2cc3cc4cc5cc6ccccc6cc5cc4cc3cc12. The molecule has 6 rings (SSSR count). The van der Waals surface area contributed by atoms with Crippen LogP contribution in [0.3, 0.4) is 0 Å². The second-order valence-electron chi connectivity index (χ2n) is 8.52. The molecule has 0 nitrogen and oxygen atoms in total. The Morgan fingerprint density at radius 1 is 0.414 bits per heavy atom. The zero-order valence-electron chi connectivity index (χ0n) is 16.7. The van der Waals surface area contributed by atoms with Crippen LogP contribution in [0.2, 0.25) is 0 Å². The lowest BCUT2D eigenvalue weighted by molar-refractivity contribution is 0.876. The minimum absolute atomic E-state index is 0.522. The molecule has 6 aromatic rings. The lowest BCUT2D eigenvalue weighted by Gasteiger charge is -2.12. The van der Waals surface area contributed by atoms with Crippen LogP contribution in [0.4, 0.5) is 0 Å². The van der Waals surface area contributed by atoms with E-state index >= 15 is 0 Å². The van der Waals surface area contributed by atoms with E-state index in [0.29, 0.717) is 5.92 Å². The number of fused-ring (bicyclic) bond motifs is 5. The van der Waals surface area contributed by atoms with Gasteiger partial charge in [-0.05, 0) is 114 Å². The van der Waals surface area contributed by atoms with Gasteiger partial charge in [-0.25, -0.2) is 0 Å². The van der Waals surface area contributed by atoms with Gasteiger partial charge in [0.15, 0.2) is 0 Å². The predicted molar refractivity (Wildman–Crippen MR) is 128 cm³/mol. The molecule has 0 spiro atoms. The highest BCUT2D eigenvalue weighted by Crippen LogP contribution is 2.33. The van der Waals surface area contributed by atoms with E-state index in [-0.39, 0.29) is 0 Å². The minimum Gasteiger partial charge on any atom is -0.0616 e. The topological polar surface area (TPSA) is 0 Å². The Balaban J connectivity index is 1.68. The lowest BCUT2D eigenvalue weighted by Crippen LogP contribution is -1.89. The molecule has 0 fully saturated rings. The third-order valence-corrected chi connectivity index (χ3v) is 6.27. The number of hydrogen-bond donors (Lipinski definition) is 0. The summed E-state index contributed by atoms with van der Waals surface area (Å²) >= 11 is 0. The fourth-order valence-corrected chi connectivity index (χ4v) is 4.75. The van der Waals surface area contributed by atoms with Crippen LogP contribution in [-0.2, 0) is 0 Å². The highest BCUT2D eigenvalue weighted by molar-refractivity contribution is 6.10.